The van der Waals surface area contributed by atoms with Crippen molar-refractivity contribution < 1.29 is 9.90 Å². The number of aliphatic hydroxyl groups is 1. The standard InChI is InChI=1S/C14H18BrN3O2/c1-4-10(7-19)17-14(20)12-9(3)16-13-11(15)5-8(2)6-18(12)13/h5-6,10,19H,4,7H2,1-3H3,(H,17,20). The molecule has 0 saturated carbocycles. The van der Waals surface area contributed by atoms with E-state index in [1.165, 1.54) is 0 Å². The van der Waals surface area contributed by atoms with Crippen molar-refractivity contribution in [2.24, 2.45) is 0 Å². The predicted molar refractivity (Wildman–Crippen MR) is 81.0 cm³/mol. The van der Waals surface area contributed by atoms with Gasteiger partial charge in [0.15, 0.2) is 5.65 Å². The van der Waals surface area contributed by atoms with E-state index in [4.69, 9.17) is 0 Å². The van der Waals surface area contributed by atoms with Gasteiger partial charge < -0.3 is 10.4 Å². The first-order valence-corrected chi connectivity index (χ1v) is 7.33. The average molecular weight is 340 g/mol. The summed E-state index contributed by atoms with van der Waals surface area (Å²) in [6.45, 7) is 5.62. The molecule has 1 atom stereocenters. The van der Waals surface area contributed by atoms with E-state index in [2.05, 4.69) is 26.2 Å². The van der Waals surface area contributed by atoms with Crippen LogP contribution in [0.2, 0.25) is 0 Å². The Labute approximate surface area is 126 Å². The Morgan fingerprint density at radius 2 is 2.25 bits per heavy atom. The van der Waals surface area contributed by atoms with Crippen LogP contribution in [-0.2, 0) is 0 Å². The molecule has 2 heterocycles. The smallest absolute Gasteiger partial charge is 0.270 e. The SMILES string of the molecule is CCC(CO)NC(=O)c1c(C)nc2c(Br)cc(C)cn12. The summed E-state index contributed by atoms with van der Waals surface area (Å²) in [5.74, 6) is -0.214. The normalized spacial score (nSPS) is 12.7. The number of hydrogen-bond acceptors (Lipinski definition) is 3. The van der Waals surface area contributed by atoms with Gasteiger partial charge in [-0.05, 0) is 47.8 Å². The van der Waals surface area contributed by atoms with E-state index < -0.39 is 0 Å². The summed E-state index contributed by atoms with van der Waals surface area (Å²) >= 11 is 3.47. The Bertz CT molecular complexity index is 647. The van der Waals surface area contributed by atoms with Crippen LogP contribution in [0.3, 0.4) is 0 Å². The molecule has 0 radical (unpaired) electrons. The lowest BCUT2D eigenvalue weighted by Crippen LogP contribution is -2.37. The molecule has 2 N–H and O–H groups in total. The topological polar surface area (TPSA) is 66.6 Å². The Morgan fingerprint density at radius 1 is 1.55 bits per heavy atom. The number of hydrogen-bond donors (Lipinski definition) is 2. The molecule has 5 nitrogen and oxygen atoms in total. The molecule has 2 aromatic rings. The van der Waals surface area contributed by atoms with Crippen LogP contribution in [0.1, 0.15) is 35.1 Å². The van der Waals surface area contributed by atoms with Gasteiger partial charge >= 0.3 is 0 Å². The second-order valence-corrected chi connectivity index (χ2v) is 5.72. The molecule has 108 valence electrons. The number of carbonyl (C=O) groups excluding carboxylic acids is 1. The number of pyridine rings is 1. The van der Waals surface area contributed by atoms with E-state index >= 15 is 0 Å². The molecule has 0 spiro atoms. The van der Waals surface area contributed by atoms with Crippen molar-refractivity contribution in [3.8, 4) is 0 Å². The summed E-state index contributed by atoms with van der Waals surface area (Å²) < 4.78 is 2.64. The molecule has 0 saturated heterocycles. The zero-order valence-corrected chi connectivity index (χ0v) is 13.4. The van der Waals surface area contributed by atoms with E-state index in [9.17, 15) is 9.90 Å². The number of aliphatic hydroxyl groups excluding tert-OH is 1. The monoisotopic (exact) mass is 339 g/mol. The Balaban J connectivity index is 2.48. The number of carbonyl (C=O) groups is 1. The largest absolute Gasteiger partial charge is 0.394 e. The summed E-state index contributed by atoms with van der Waals surface area (Å²) in [6.07, 6.45) is 2.57. The van der Waals surface area contributed by atoms with Crippen molar-refractivity contribution in [1.82, 2.24) is 14.7 Å². The van der Waals surface area contributed by atoms with Gasteiger partial charge in [-0.2, -0.15) is 0 Å². The van der Waals surface area contributed by atoms with Crippen molar-refractivity contribution in [1.29, 1.82) is 0 Å². The summed E-state index contributed by atoms with van der Waals surface area (Å²) in [5.41, 5.74) is 2.93. The maximum Gasteiger partial charge on any atom is 0.270 e. The van der Waals surface area contributed by atoms with Crippen molar-refractivity contribution in [3.63, 3.8) is 0 Å². The van der Waals surface area contributed by atoms with Gasteiger partial charge in [-0.15, -0.1) is 0 Å². The van der Waals surface area contributed by atoms with Crippen LogP contribution in [0.5, 0.6) is 0 Å². The highest BCUT2D eigenvalue weighted by atomic mass is 79.9. The molecule has 0 aliphatic heterocycles. The van der Waals surface area contributed by atoms with Gasteiger partial charge in [-0.25, -0.2) is 4.98 Å². The molecule has 0 aliphatic carbocycles. The quantitative estimate of drug-likeness (QED) is 0.897. The molecular weight excluding hydrogens is 322 g/mol. The molecule has 1 amide bonds. The number of fused-ring (bicyclic) bond motifs is 1. The Kier molecular flexibility index (Phi) is 4.45. The zero-order valence-electron chi connectivity index (χ0n) is 11.8. The second-order valence-electron chi connectivity index (χ2n) is 4.87. The van der Waals surface area contributed by atoms with Crippen LogP contribution in [0.15, 0.2) is 16.7 Å². The van der Waals surface area contributed by atoms with Crippen molar-refractivity contribution >= 4 is 27.5 Å². The molecule has 1 unspecified atom stereocenters. The molecule has 6 heteroatoms. The van der Waals surface area contributed by atoms with E-state index in [1.54, 1.807) is 4.40 Å². The maximum atomic E-state index is 12.4. The van der Waals surface area contributed by atoms with Gasteiger partial charge in [0.25, 0.3) is 5.91 Å². The minimum Gasteiger partial charge on any atom is -0.394 e. The van der Waals surface area contributed by atoms with Crippen LogP contribution in [-0.4, -0.2) is 33.0 Å². The average Bonchev–Trinajstić information content (AvgIpc) is 2.72. The number of rotatable bonds is 4. The number of aromatic nitrogens is 2. The first-order valence-electron chi connectivity index (χ1n) is 6.54. The van der Waals surface area contributed by atoms with Crippen molar-refractivity contribution in [2.75, 3.05) is 6.61 Å². The van der Waals surface area contributed by atoms with E-state index in [0.29, 0.717) is 17.8 Å². The third-order valence-electron chi connectivity index (χ3n) is 3.25. The highest BCUT2D eigenvalue weighted by molar-refractivity contribution is 9.10. The summed E-state index contributed by atoms with van der Waals surface area (Å²) in [7, 11) is 0. The molecule has 0 aromatic carbocycles. The first kappa shape index (κ1) is 15.0. The van der Waals surface area contributed by atoms with Gasteiger partial charge in [-0.3, -0.25) is 9.20 Å². The summed E-state index contributed by atoms with van der Waals surface area (Å²) in [6, 6.07) is 1.73. The number of amides is 1. The third kappa shape index (κ3) is 2.71. The lowest BCUT2D eigenvalue weighted by Gasteiger charge is -2.14. The van der Waals surface area contributed by atoms with Gasteiger partial charge in [0.05, 0.1) is 22.8 Å². The molecule has 0 aliphatic rings. The zero-order chi connectivity index (χ0) is 14.9. The summed E-state index contributed by atoms with van der Waals surface area (Å²) in [5, 5.41) is 12.0. The molecule has 0 fully saturated rings. The highest BCUT2D eigenvalue weighted by Crippen LogP contribution is 2.22. The molecule has 2 aromatic heterocycles. The molecule has 0 bridgehead atoms. The number of nitrogens with one attached hydrogen (secondary N) is 1. The fraction of sp³-hybridized carbons (Fsp3) is 0.429. The third-order valence-corrected chi connectivity index (χ3v) is 3.83. The first-order chi connectivity index (χ1) is 9.47. The van der Waals surface area contributed by atoms with Gasteiger partial charge in [0.1, 0.15) is 5.69 Å². The van der Waals surface area contributed by atoms with E-state index in [-0.39, 0.29) is 18.6 Å². The summed E-state index contributed by atoms with van der Waals surface area (Å²) in [4.78, 5) is 16.8. The highest BCUT2D eigenvalue weighted by Gasteiger charge is 2.20. The number of aryl methyl sites for hydroxylation is 2. The maximum absolute atomic E-state index is 12.4. The minimum atomic E-state index is -0.235. The van der Waals surface area contributed by atoms with Crippen LogP contribution in [0.4, 0.5) is 0 Å². The number of halogens is 1. The van der Waals surface area contributed by atoms with Crippen LogP contribution in [0, 0.1) is 13.8 Å². The second kappa shape index (κ2) is 5.93. The number of nitrogens with zero attached hydrogens (tertiary/aromatic N) is 2. The van der Waals surface area contributed by atoms with Gasteiger partial charge in [0, 0.05) is 6.20 Å². The molecule has 20 heavy (non-hydrogen) atoms. The number of imidazole rings is 1. The minimum absolute atomic E-state index is 0.0687. The fourth-order valence-corrected chi connectivity index (χ4v) is 2.79. The lowest BCUT2D eigenvalue weighted by atomic mass is 10.2. The Morgan fingerprint density at radius 3 is 2.85 bits per heavy atom. The molecular formula is C14H18BrN3O2. The fourth-order valence-electron chi connectivity index (χ4n) is 2.15. The van der Waals surface area contributed by atoms with E-state index in [0.717, 1.165) is 15.7 Å². The predicted octanol–water partition coefficient (Wildman–Crippen LogP) is 2.21. The van der Waals surface area contributed by atoms with Crippen LogP contribution < -0.4 is 5.32 Å². The van der Waals surface area contributed by atoms with Crippen molar-refractivity contribution in [2.45, 2.75) is 33.2 Å². The van der Waals surface area contributed by atoms with Crippen LogP contribution >= 0.6 is 15.9 Å². The lowest BCUT2D eigenvalue weighted by molar-refractivity contribution is 0.0908. The van der Waals surface area contributed by atoms with Gasteiger partial charge in [0.2, 0.25) is 0 Å². The Hall–Kier alpha value is -1.40. The van der Waals surface area contributed by atoms with Crippen molar-refractivity contribution in [3.05, 3.63) is 33.7 Å². The van der Waals surface area contributed by atoms with E-state index in [1.807, 2.05) is 33.0 Å². The van der Waals surface area contributed by atoms with Crippen LogP contribution in [0.25, 0.3) is 5.65 Å². The van der Waals surface area contributed by atoms with Gasteiger partial charge in [-0.1, -0.05) is 6.92 Å². The molecule has 2 rings (SSSR count).